The van der Waals surface area contributed by atoms with Crippen molar-refractivity contribution >= 4 is 5.69 Å². The van der Waals surface area contributed by atoms with Crippen molar-refractivity contribution < 1.29 is 4.39 Å². The molecule has 0 amide bonds. The first-order chi connectivity index (χ1) is 7.24. The molecule has 0 heterocycles. The highest BCUT2D eigenvalue weighted by Crippen LogP contribution is 2.33. The predicted molar refractivity (Wildman–Crippen MR) is 60.6 cm³/mol. The lowest BCUT2D eigenvalue weighted by molar-refractivity contribution is 0.617. The summed E-state index contributed by atoms with van der Waals surface area (Å²) in [6.07, 6.45) is 2.37. The number of rotatable bonds is 4. The molecule has 3 heteroatoms. The van der Waals surface area contributed by atoms with Crippen molar-refractivity contribution in [2.45, 2.75) is 25.4 Å². The van der Waals surface area contributed by atoms with Crippen molar-refractivity contribution in [3.05, 3.63) is 29.6 Å². The molecule has 0 radical (unpaired) electrons. The molecule has 1 fully saturated rings. The highest BCUT2D eigenvalue weighted by Gasteiger charge is 2.29. The van der Waals surface area contributed by atoms with Crippen molar-refractivity contribution in [3.63, 3.8) is 0 Å². The van der Waals surface area contributed by atoms with E-state index < -0.39 is 0 Å². The molecule has 0 atom stereocenters. The topological polar surface area (TPSA) is 15.3 Å². The van der Waals surface area contributed by atoms with E-state index in [1.807, 2.05) is 20.2 Å². The molecule has 0 saturated heterocycles. The third-order valence-corrected chi connectivity index (χ3v) is 2.88. The lowest BCUT2D eigenvalue weighted by atomic mass is 10.1. The van der Waals surface area contributed by atoms with Crippen molar-refractivity contribution in [1.82, 2.24) is 5.32 Å². The van der Waals surface area contributed by atoms with Crippen molar-refractivity contribution in [3.8, 4) is 0 Å². The Labute approximate surface area is 90.1 Å². The zero-order valence-electron chi connectivity index (χ0n) is 9.26. The van der Waals surface area contributed by atoms with Crippen LogP contribution in [0.15, 0.2) is 18.2 Å². The summed E-state index contributed by atoms with van der Waals surface area (Å²) >= 11 is 0. The average molecular weight is 208 g/mol. The van der Waals surface area contributed by atoms with Gasteiger partial charge in [-0.3, -0.25) is 0 Å². The summed E-state index contributed by atoms with van der Waals surface area (Å²) in [5.74, 6) is -0.114. The van der Waals surface area contributed by atoms with Gasteiger partial charge in [0.05, 0.1) is 5.69 Å². The van der Waals surface area contributed by atoms with E-state index in [1.165, 1.54) is 18.9 Å². The van der Waals surface area contributed by atoms with Crippen LogP contribution in [0.1, 0.15) is 18.4 Å². The van der Waals surface area contributed by atoms with E-state index in [4.69, 9.17) is 0 Å². The van der Waals surface area contributed by atoms with Crippen LogP contribution in [-0.2, 0) is 6.54 Å². The fourth-order valence-corrected chi connectivity index (χ4v) is 1.93. The van der Waals surface area contributed by atoms with Gasteiger partial charge in [0.15, 0.2) is 0 Å². The first kappa shape index (κ1) is 10.4. The summed E-state index contributed by atoms with van der Waals surface area (Å²) in [7, 11) is 3.86. The van der Waals surface area contributed by atoms with Crippen molar-refractivity contribution in [1.29, 1.82) is 0 Å². The van der Waals surface area contributed by atoms with Crippen LogP contribution < -0.4 is 10.2 Å². The lowest BCUT2D eigenvalue weighted by Gasteiger charge is -2.22. The number of para-hydroxylation sites is 1. The SMILES string of the molecule is CNCc1cccc(F)c1N(C)C1CC1. The van der Waals surface area contributed by atoms with Crippen LogP contribution in [0.3, 0.4) is 0 Å². The number of hydrogen-bond acceptors (Lipinski definition) is 2. The number of hydrogen-bond donors (Lipinski definition) is 1. The predicted octanol–water partition coefficient (Wildman–Crippen LogP) is 2.14. The fraction of sp³-hybridized carbons (Fsp3) is 0.500. The van der Waals surface area contributed by atoms with E-state index in [0.717, 1.165) is 11.3 Å². The molecule has 0 aliphatic heterocycles. The van der Waals surface area contributed by atoms with Gasteiger partial charge in [-0.2, -0.15) is 0 Å². The molecule has 0 aromatic heterocycles. The van der Waals surface area contributed by atoms with Crippen LogP contribution in [0.25, 0.3) is 0 Å². The third-order valence-electron chi connectivity index (χ3n) is 2.88. The minimum absolute atomic E-state index is 0.114. The smallest absolute Gasteiger partial charge is 0.146 e. The molecular formula is C12H17FN2. The first-order valence-corrected chi connectivity index (χ1v) is 5.39. The Hall–Kier alpha value is -1.09. The Morgan fingerprint density at radius 2 is 2.20 bits per heavy atom. The number of benzene rings is 1. The van der Waals surface area contributed by atoms with Crippen LogP contribution in [0, 0.1) is 5.82 Å². The Morgan fingerprint density at radius 1 is 1.47 bits per heavy atom. The van der Waals surface area contributed by atoms with Crippen LogP contribution in [0.4, 0.5) is 10.1 Å². The van der Waals surface area contributed by atoms with Gasteiger partial charge >= 0.3 is 0 Å². The second-order valence-corrected chi connectivity index (χ2v) is 4.12. The summed E-state index contributed by atoms with van der Waals surface area (Å²) < 4.78 is 13.7. The standard InChI is InChI=1S/C12H17FN2/c1-14-8-9-4-3-5-11(13)12(9)15(2)10-6-7-10/h3-5,10,14H,6-8H2,1-2H3. The molecule has 82 valence electrons. The molecule has 0 unspecified atom stereocenters. The van der Waals surface area contributed by atoms with Gasteiger partial charge in [0.1, 0.15) is 5.82 Å². The summed E-state index contributed by atoms with van der Waals surface area (Å²) in [4.78, 5) is 2.07. The van der Waals surface area contributed by atoms with Gasteiger partial charge in [-0.25, -0.2) is 4.39 Å². The zero-order valence-corrected chi connectivity index (χ0v) is 9.26. The maximum atomic E-state index is 13.7. The minimum Gasteiger partial charge on any atom is -0.369 e. The molecule has 1 N–H and O–H groups in total. The van der Waals surface area contributed by atoms with E-state index >= 15 is 0 Å². The molecule has 2 nitrogen and oxygen atoms in total. The van der Waals surface area contributed by atoms with Gasteiger partial charge in [-0.1, -0.05) is 12.1 Å². The van der Waals surface area contributed by atoms with Crippen LogP contribution in [0.5, 0.6) is 0 Å². The van der Waals surface area contributed by atoms with Gasteiger partial charge in [0.25, 0.3) is 0 Å². The summed E-state index contributed by atoms with van der Waals surface area (Å²) in [6, 6.07) is 5.82. The van der Waals surface area contributed by atoms with E-state index in [-0.39, 0.29) is 5.82 Å². The Morgan fingerprint density at radius 3 is 2.80 bits per heavy atom. The molecule has 1 aromatic rings. The molecule has 1 aliphatic carbocycles. The monoisotopic (exact) mass is 208 g/mol. The Bertz CT molecular complexity index is 347. The highest BCUT2D eigenvalue weighted by molar-refractivity contribution is 5.55. The third kappa shape index (κ3) is 2.12. The summed E-state index contributed by atoms with van der Waals surface area (Å²) in [5.41, 5.74) is 1.79. The van der Waals surface area contributed by atoms with E-state index in [2.05, 4.69) is 10.2 Å². The zero-order chi connectivity index (χ0) is 10.8. The van der Waals surface area contributed by atoms with Crippen molar-refractivity contribution in [2.24, 2.45) is 0 Å². The van der Waals surface area contributed by atoms with Crippen molar-refractivity contribution in [2.75, 3.05) is 19.0 Å². The molecule has 2 rings (SSSR count). The summed E-state index contributed by atoms with van der Waals surface area (Å²) in [6.45, 7) is 0.712. The average Bonchev–Trinajstić information content (AvgIpc) is 3.01. The number of halogens is 1. The van der Waals surface area contributed by atoms with Gasteiger partial charge in [0.2, 0.25) is 0 Å². The minimum atomic E-state index is -0.114. The largest absolute Gasteiger partial charge is 0.369 e. The lowest BCUT2D eigenvalue weighted by Crippen LogP contribution is -2.23. The molecule has 1 saturated carbocycles. The normalized spacial score (nSPS) is 15.4. The molecule has 0 spiro atoms. The first-order valence-electron chi connectivity index (χ1n) is 5.39. The van der Waals surface area contributed by atoms with Gasteiger partial charge in [0, 0.05) is 19.6 Å². The van der Waals surface area contributed by atoms with Gasteiger partial charge < -0.3 is 10.2 Å². The maximum absolute atomic E-state index is 13.7. The molecule has 1 aromatic carbocycles. The van der Waals surface area contributed by atoms with Crippen LogP contribution in [-0.4, -0.2) is 20.1 Å². The number of anilines is 1. The summed E-state index contributed by atoms with van der Waals surface area (Å²) in [5, 5.41) is 3.07. The number of nitrogens with zero attached hydrogens (tertiary/aromatic N) is 1. The van der Waals surface area contributed by atoms with E-state index in [1.54, 1.807) is 6.07 Å². The molecule has 0 bridgehead atoms. The Kier molecular flexibility index (Phi) is 2.91. The Balaban J connectivity index is 2.32. The molecular weight excluding hydrogens is 191 g/mol. The van der Waals surface area contributed by atoms with Gasteiger partial charge in [-0.05, 0) is 31.5 Å². The maximum Gasteiger partial charge on any atom is 0.146 e. The quantitative estimate of drug-likeness (QED) is 0.815. The fourth-order valence-electron chi connectivity index (χ4n) is 1.93. The van der Waals surface area contributed by atoms with Crippen LogP contribution >= 0.6 is 0 Å². The highest BCUT2D eigenvalue weighted by atomic mass is 19.1. The second-order valence-electron chi connectivity index (χ2n) is 4.12. The van der Waals surface area contributed by atoms with Gasteiger partial charge in [-0.15, -0.1) is 0 Å². The molecule has 15 heavy (non-hydrogen) atoms. The van der Waals surface area contributed by atoms with E-state index in [9.17, 15) is 4.39 Å². The van der Waals surface area contributed by atoms with Crippen LogP contribution in [0.2, 0.25) is 0 Å². The second kappa shape index (κ2) is 4.19. The molecule has 1 aliphatic rings. The number of nitrogens with one attached hydrogen (secondary N) is 1. The van der Waals surface area contributed by atoms with E-state index in [0.29, 0.717) is 12.6 Å².